The van der Waals surface area contributed by atoms with Gasteiger partial charge in [0.05, 0.1) is 11.2 Å². The highest BCUT2D eigenvalue weighted by Crippen LogP contribution is 2.13. The van der Waals surface area contributed by atoms with Crippen LogP contribution in [-0.4, -0.2) is 22.2 Å². The number of aromatic nitrogens is 2. The number of nitrogens with one attached hydrogen (secondary N) is 1. The Morgan fingerprint density at radius 3 is 2.65 bits per heavy atom. The zero-order chi connectivity index (χ0) is 15.1. The highest BCUT2D eigenvalue weighted by atomic mass is 35.5. The third-order valence-corrected chi connectivity index (χ3v) is 3.19. The summed E-state index contributed by atoms with van der Waals surface area (Å²) in [7, 11) is 1.70. The van der Waals surface area contributed by atoms with Crippen LogP contribution in [0.15, 0.2) is 29.5 Å². The number of halogens is 1. The number of rotatable bonds is 6. The van der Waals surface area contributed by atoms with Gasteiger partial charge in [-0.25, -0.2) is 0 Å². The van der Waals surface area contributed by atoms with E-state index >= 15 is 0 Å². The van der Waals surface area contributed by atoms with E-state index in [9.17, 15) is 4.79 Å². The number of carbonyl (C=O) groups is 1. The molecule has 1 aromatic heterocycles. The first-order valence-corrected chi connectivity index (χ1v) is 7.04. The Bertz CT molecular complexity index is 506. The smallest absolute Gasteiger partial charge is 0.271 e. The molecule has 0 saturated heterocycles. The highest BCUT2D eigenvalue weighted by Gasteiger charge is 2.14. The molecule has 1 N–H and O–H groups in total. The molecule has 0 spiro atoms. The van der Waals surface area contributed by atoms with E-state index in [1.807, 2.05) is 6.08 Å². The van der Waals surface area contributed by atoms with Crippen molar-refractivity contribution in [3.63, 3.8) is 0 Å². The van der Waals surface area contributed by atoms with Gasteiger partial charge in [-0.1, -0.05) is 34.9 Å². The zero-order valence-corrected chi connectivity index (χ0v) is 13.3. The van der Waals surface area contributed by atoms with Crippen LogP contribution in [0.25, 0.3) is 0 Å². The van der Waals surface area contributed by atoms with Gasteiger partial charge >= 0.3 is 0 Å². The summed E-state index contributed by atoms with van der Waals surface area (Å²) in [5.74, 6) is -0.205. The van der Waals surface area contributed by atoms with Gasteiger partial charge in [0, 0.05) is 13.6 Å². The van der Waals surface area contributed by atoms with Crippen LogP contribution in [0.4, 0.5) is 0 Å². The summed E-state index contributed by atoms with van der Waals surface area (Å²) in [6.07, 6.45) is 7.75. The minimum absolute atomic E-state index is 0.205. The molecule has 1 heterocycles. The SMILES string of the molecule is CC(C)=CCCC(C)=CCNC(=O)c1c(Cl)cnn1C. The van der Waals surface area contributed by atoms with Gasteiger partial charge in [-0.05, 0) is 33.6 Å². The fourth-order valence-corrected chi connectivity index (χ4v) is 2.01. The maximum absolute atomic E-state index is 11.9. The maximum Gasteiger partial charge on any atom is 0.271 e. The summed E-state index contributed by atoms with van der Waals surface area (Å²) in [5.41, 5.74) is 2.98. The van der Waals surface area contributed by atoms with Crippen molar-refractivity contribution in [2.75, 3.05) is 6.54 Å². The monoisotopic (exact) mass is 295 g/mol. The van der Waals surface area contributed by atoms with Crippen LogP contribution < -0.4 is 5.32 Å². The summed E-state index contributed by atoms with van der Waals surface area (Å²) in [5, 5.41) is 7.13. The molecule has 0 fully saturated rings. The Hall–Kier alpha value is -1.55. The lowest BCUT2D eigenvalue weighted by Gasteiger charge is -2.04. The van der Waals surface area contributed by atoms with Crippen LogP contribution in [0.1, 0.15) is 44.1 Å². The van der Waals surface area contributed by atoms with E-state index < -0.39 is 0 Å². The van der Waals surface area contributed by atoms with Crippen molar-refractivity contribution in [3.05, 3.63) is 40.2 Å². The third-order valence-electron chi connectivity index (χ3n) is 2.91. The number of nitrogens with zero attached hydrogens (tertiary/aromatic N) is 2. The van der Waals surface area contributed by atoms with E-state index in [1.165, 1.54) is 22.0 Å². The molecule has 20 heavy (non-hydrogen) atoms. The summed E-state index contributed by atoms with van der Waals surface area (Å²) >= 11 is 5.91. The van der Waals surface area contributed by atoms with Crippen LogP contribution in [0.3, 0.4) is 0 Å². The van der Waals surface area contributed by atoms with Gasteiger partial charge in [-0.15, -0.1) is 0 Å². The quantitative estimate of drug-likeness (QED) is 0.817. The van der Waals surface area contributed by atoms with E-state index in [0.717, 1.165) is 12.8 Å². The molecule has 0 aliphatic heterocycles. The van der Waals surface area contributed by atoms with E-state index in [0.29, 0.717) is 17.3 Å². The van der Waals surface area contributed by atoms with Crippen molar-refractivity contribution in [2.24, 2.45) is 7.05 Å². The van der Waals surface area contributed by atoms with Crippen LogP contribution in [0, 0.1) is 0 Å². The number of carbonyl (C=O) groups excluding carboxylic acids is 1. The molecular formula is C15H22ClN3O. The number of allylic oxidation sites excluding steroid dienone is 3. The second-order valence-corrected chi connectivity index (χ2v) is 5.45. The van der Waals surface area contributed by atoms with E-state index in [-0.39, 0.29) is 5.91 Å². The molecule has 1 rings (SSSR count). The Morgan fingerprint density at radius 2 is 2.10 bits per heavy atom. The van der Waals surface area contributed by atoms with E-state index in [2.05, 4.69) is 37.3 Å². The summed E-state index contributed by atoms with van der Waals surface area (Å²) in [6.45, 7) is 6.76. The lowest BCUT2D eigenvalue weighted by atomic mass is 10.1. The van der Waals surface area contributed by atoms with Crippen LogP contribution in [0.2, 0.25) is 5.02 Å². The van der Waals surface area contributed by atoms with Crippen molar-refractivity contribution in [1.29, 1.82) is 0 Å². The van der Waals surface area contributed by atoms with Crippen molar-refractivity contribution in [3.8, 4) is 0 Å². The minimum atomic E-state index is -0.205. The highest BCUT2D eigenvalue weighted by molar-refractivity contribution is 6.33. The molecule has 0 saturated carbocycles. The van der Waals surface area contributed by atoms with E-state index in [1.54, 1.807) is 7.05 Å². The minimum Gasteiger partial charge on any atom is -0.347 e. The fraction of sp³-hybridized carbons (Fsp3) is 0.467. The number of hydrogen-bond donors (Lipinski definition) is 1. The lowest BCUT2D eigenvalue weighted by molar-refractivity contribution is 0.0948. The summed E-state index contributed by atoms with van der Waals surface area (Å²) in [6, 6.07) is 0. The van der Waals surface area contributed by atoms with E-state index in [4.69, 9.17) is 11.6 Å². The average Bonchev–Trinajstić information content (AvgIpc) is 2.68. The maximum atomic E-state index is 11.9. The lowest BCUT2D eigenvalue weighted by Crippen LogP contribution is -2.26. The molecular weight excluding hydrogens is 274 g/mol. The zero-order valence-electron chi connectivity index (χ0n) is 12.5. The second kappa shape index (κ2) is 7.90. The van der Waals surface area contributed by atoms with Gasteiger partial charge < -0.3 is 5.32 Å². The second-order valence-electron chi connectivity index (χ2n) is 5.05. The Morgan fingerprint density at radius 1 is 1.40 bits per heavy atom. The average molecular weight is 296 g/mol. The fourth-order valence-electron chi connectivity index (χ4n) is 1.76. The number of hydrogen-bond acceptors (Lipinski definition) is 2. The molecule has 0 unspecified atom stereocenters. The van der Waals surface area contributed by atoms with Gasteiger partial charge in [0.2, 0.25) is 0 Å². The van der Waals surface area contributed by atoms with Crippen molar-refractivity contribution >= 4 is 17.5 Å². The first-order chi connectivity index (χ1) is 9.41. The van der Waals surface area contributed by atoms with Crippen molar-refractivity contribution < 1.29 is 4.79 Å². The van der Waals surface area contributed by atoms with Crippen LogP contribution >= 0.6 is 11.6 Å². The molecule has 0 atom stereocenters. The number of amides is 1. The normalized spacial score (nSPS) is 11.3. The van der Waals surface area contributed by atoms with Gasteiger partial charge in [-0.3, -0.25) is 9.48 Å². The summed E-state index contributed by atoms with van der Waals surface area (Å²) < 4.78 is 1.48. The topological polar surface area (TPSA) is 46.9 Å². The molecule has 0 radical (unpaired) electrons. The Kier molecular flexibility index (Phi) is 6.52. The van der Waals surface area contributed by atoms with Gasteiger partial charge in [0.15, 0.2) is 0 Å². The largest absolute Gasteiger partial charge is 0.347 e. The number of aryl methyl sites for hydroxylation is 1. The third kappa shape index (κ3) is 5.21. The van der Waals surface area contributed by atoms with Crippen LogP contribution in [-0.2, 0) is 7.05 Å². The predicted octanol–water partition coefficient (Wildman–Crippen LogP) is 3.50. The van der Waals surface area contributed by atoms with Crippen LogP contribution in [0.5, 0.6) is 0 Å². The molecule has 0 aliphatic rings. The summed E-state index contributed by atoms with van der Waals surface area (Å²) in [4.78, 5) is 11.9. The predicted molar refractivity (Wildman–Crippen MR) is 83.0 cm³/mol. The molecule has 1 amide bonds. The molecule has 1 aromatic rings. The van der Waals surface area contributed by atoms with Crippen molar-refractivity contribution in [2.45, 2.75) is 33.6 Å². The standard InChI is InChI=1S/C15H22ClN3O/c1-11(2)6-5-7-12(3)8-9-17-15(20)14-13(16)10-18-19(14)4/h6,8,10H,5,7,9H2,1-4H3,(H,17,20). The molecule has 0 aliphatic carbocycles. The van der Waals surface area contributed by atoms with Gasteiger partial charge in [0.1, 0.15) is 5.69 Å². The van der Waals surface area contributed by atoms with Gasteiger partial charge in [-0.2, -0.15) is 5.10 Å². The Balaban J connectivity index is 2.44. The van der Waals surface area contributed by atoms with Crippen molar-refractivity contribution in [1.82, 2.24) is 15.1 Å². The molecule has 0 aromatic carbocycles. The first-order valence-electron chi connectivity index (χ1n) is 6.66. The molecule has 0 bridgehead atoms. The molecule has 110 valence electrons. The Labute approximate surface area is 125 Å². The molecule has 4 nitrogen and oxygen atoms in total. The van der Waals surface area contributed by atoms with Gasteiger partial charge in [0.25, 0.3) is 5.91 Å². The first kappa shape index (κ1) is 16.5. The molecule has 5 heteroatoms.